The van der Waals surface area contributed by atoms with E-state index in [-0.39, 0.29) is 11.3 Å². The molecular formula is C14H11Br2FN2O2. The summed E-state index contributed by atoms with van der Waals surface area (Å²) in [6.07, 6.45) is 0. The minimum atomic E-state index is -0.673. The van der Waals surface area contributed by atoms with Crippen LogP contribution in [0, 0.1) is 5.82 Å². The number of ether oxygens (including phenoxy) is 1. The fraction of sp³-hybridized carbons (Fsp3) is 0.0714. The molecule has 2 rings (SSSR count). The highest BCUT2D eigenvalue weighted by atomic mass is 79.9. The molecule has 21 heavy (non-hydrogen) atoms. The molecule has 0 atom stereocenters. The molecule has 7 heteroatoms. The Hall–Kier alpha value is -1.60. The zero-order chi connectivity index (χ0) is 15.6. The summed E-state index contributed by atoms with van der Waals surface area (Å²) in [5.41, 5.74) is 6.10. The number of rotatable bonds is 3. The van der Waals surface area contributed by atoms with Crippen LogP contribution in [0.25, 0.3) is 0 Å². The Labute approximate surface area is 137 Å². The Morgan fingerprint density at radius 3 is 2.57 bits per heavy atom. The van der Waals surface area contributed by atoms with Crippen molar-refractivity contribution in [2.24, 2.45) is 0 Å². The van der Waals surface area contributed by atoms with E-state index in [2.05, 4.69) is 37.2 Å². The van der Waals surface area contributed by atoms with Crippen molar-refractivity contribution in [2.75, 3.05) is 18.2 Å². The fourth-order valence-corrected chi connectivity index (χ4v) is 2.94. The lowest BCUT2D eigenvalue weighted by Gasteiger charge is -2.11. The molecule has 0 fully saturated rings. The Kier molecular flexibility index (Phi) is 4.84. The quantitative estimate of drug-likeness (QED) is 0.735. The van der Waals surface area contributed by atoms with Crippen LogP contribution in [0.1, 0.15) is 10.4 Å². The molecule has 2 aromatic rings. The Morgan fingerprint density at radius 1 is 1.24 bits per heavy atom. The first-order valence-corrected chi connectivity index (χ1v) is 7.40. The largest absolute Gasteiger partial charge is 0.495 e. The van der Waals surface area contributed by atoms with Crippen molar-refractivity contribution in [3.05, 3.63) is 50.7 Å². The number of benzene rings is 2. The van der Waals surface area contributed by atoms with Crippen LogP contribution >= 0.6 is 31.9 Å². The van der Waals surface area contributed by atoms with Gasteiger partial charge < -0.3 is 15.8 Å². The van der Waals surface area contributed by atoms with E-state index in [1.807, 2.05) is 0 Å². The normalized spacial score (nSPS) is 10.3. The van der Waals surface area contributed by atoms with Gasteiger partial charge in [0.25, 0.3) is 5.91 Å². The highest BCUT2D eigenvalue weighted by Crippen LogP contribution is 2.34. The van der Waals surface area contributed by atoms with E-state index in [0.717, 1.165) is 10.5 Å². The molecule has 0 aliphatic heterocycles. The Balaban J connectivity index is 2.31. The molecule has 3 N–H and O–H groups in total. The third-order valence-electron chi connectivity index (χ3n) is 2.73. The number of nitrogens with two attached hydrogens (primary N) is 1. The lowest BCUT2D eigenvalue weighted by atomic mass is 10.1. The topological polar surface area (TPSA) is 64.3 Å². The molecule has 2 aromatic carbocycles. The second kappa shape index (κ2) is 6.44. The van der Waals surface area contributed by atoms with Gasteiger partial charge >= 0.3 is 0 Å². The highest BCUT2D eigenvalue weighted by molar-refractivity contribution is 9.11. The minimum absolute atomic E-state index is 0.0852. The van der Waals surface area contributed by atoms with Gasteiger partial charge in [-0.2, -0.15) is 0 Å². The van der Waals surface area contributed by atoms with Crippen molar-refractivity contribution < 1.29 is 13.9 Å². The molecule has 0 aromatic heterocycles. The molecule has 0 aliphatic carbocycles. The van der Waals surface area contributed by atoms with Gasteiger partial charge in [0, 0.05) is 16.2 Å². The molecule has 0 unspecified atom stereocenters. The molecular weight excluding hydrogens is 407 g/mol. The average Bonchev–Trinajstić information content (AvgIpc) is 2.41. The van der Waals surface area contributed by atoms with Gasteiger partial charge in [0.2, 0.25) is 0 Å². The first-order valence-electron chi connectivity index (χ1n) is 5.81. The number of amides is 1. The Bertz CT molecular complexity index is 708. The van der Waals surface area contributed by atoms with Crippen molar-refractivity contribution in [1.82, 2.24) is 0 Å². The summed E-state index contributed by atoms with van der Waals surface area (Å²) in [6, 6.07) is 7.26. The van der Waals surface area contributed by atoms with E-state index in [4.69, 9.17) is 10.5 Å². The molecule has 0 aliphatic rings. The van der Waals surface area contributed by atoms with Gasteiger partial charge in [0.15, 0.2) is 0 Å². The van der Waals surface area contributed by atoms with E-state index in [1.54, 1.807) is 12.1 Å². The van der Waals surface area contributed by atoms with E-state index in [9.17, 15) is 9.18 Å². The number of methoxy groups -OCH3 is 1. The number of hydrogen-bond acceptors (Lipinski definition) is 3. The lowest BCUT2D eigenvalue weighted by molar-refractivity contribution is 0.102. The summed E-state index contributed by atoms with van der Waals surface area (Å²) in [6.45, 7) is 0. The second-order valence-electron chi connectivity index (χ2n) is 4.16. The monoisotopic (exact) mass is 416 g/mol. The van der Waals surface area contributed by atoms with Gasteiger partial charge in [0.05, 0.1) is 22.8 Å². The van der Waals surface area contributed by atoms with E-state index in [1.165, 1.54) is 19.2 Å². The number of halogens is 3. The van der Waals surface area contributed by atoms with Crippen LogP contribution in [0.4, 0.5) is 15.8 Å². The number of nitrogens with one attached hydrogen (secondary N) is 1. The van der Waals surface area contributed by atoms with Gasteiger partial charge in [-0.25, -0.2) is 4.39 Å². The van der Waals surface area contributed by atoms with Crippen LogP contribution in [-0.2, 0) is 0 Å². The molecule has 0 bridgehead atoms. The van der Waals surface area contributed by atoms with Crippen LogP contribution in [0.3, 0.4) is 0 Å². The van der Waals surface area contributed by atoms with Crippen LogP contribution in [0.15, 0.2) is 39.3 Å². The number of hydrogen-bond donors (Lipinski definition) is 2. The molecule has 4 nitrogen and oxygen atoms in total. The first kappa shape index (κ1) is 15.8. The third kappa shape index (κ3) is 3.54. The number of carbonyl (C=O) groups is 1. The zero-order valence-corrected chi connectivity index (χ0v) is 14.1. The van der Waals surface area contributed by atoms with Gasteiger partial charge in [-0.15, -0.1) is 0 Å². The van der Waals surface area contributed by atoms with Crippen LogP contribution in [0.2, 0.25) is 0 Å². The van der Waals surface area contributed by atoms with Crippen LogP contribution < -0.4 is 15.8 Å². The summed E-state index contributed by atoms with van der Waals surface area (Å²) in [5, 5.41) is 2.62. The summed E-state index contributed by atoms with van der Waals surface area (Å²) >= 11 is 6.66. The van der Waals surface area contributed by atoms with Crippen molar-refractivity contribution in [3.63, 3.8) is 0 Å². The summed E-state index contributed by atoms with van der Waals surface area (Å²) in [7, 11) is 1.51. The first-order chi connectivity index (χ1) is 9.92. The molecule has 0 saturated heterocycles. The number of anilines is 2. The van der Waals surface area contributed by atoms with Crippen molar-refractivity contribution in [3.8, 4) is 5.75 Å². The maximum Gasteiger partial charge on any atom is 0.258 e. The zero-order valence-electron chi connectivity index (χ0n) is 10.9. The molecule has 0 spiro atoms. The number of nitrogen functional groups attached to an aromatic ring is 1. The summed E-state index contributed by atoms with van der Waals surface area (Å²) < 4.78 is 20.3. The van der Waals surface area contributed by atoms with Gasteiger partial charge in [-0.1, -0.05) is 0 Å². The van der Waals surface area contributed by atoms with Crippen LogP contribution in [-0.4, -0.2) is 13.0 Å². The highest BCUT2D eigenvalue weighted by Gasteiger charge is 2.15. The Morgan fingerprint density at radius 2 is 1.95 bits per heavy atom. The SMILES string of the molecule is COc1cc(NC(=O)c2ccc(N)cc2F)c(Br)cc1Br. The standard InChI is InChI=1S/C14H11Br2FN2O2/c1-21-13-6-12(9(15)5-10(13)16)19-14(20)8-3-2-7(18)4-11(8)17/h2-6H,18H2,1H3,(H,19,20). The van der Waals surface area contributed by atoms with Crippen molar-refractivity contribution >= 4 is 49.1 Å². The summed E-state index contributed by atoms with van der Waals surface area (Å²) in [4.78, 5) is 12.1. The molecule has 0 heterocycles. The molecule has 0 radical (unpaired) electrons. The average molecular weight is 418 g/mol. The predicted molar refractivity (Wildman–Crippen MR) is 87.2 cm³/mol. The molecule has 0 saturated carbocycles. The predicted octanol–water partition coefficient (Wildman–Crippen LogP) is 4.19. The van der Waals surface area contributed by atoms with Gasteiger partial charge in [-0.05, 0) is 56.1 Å². The van der Waals surface area contributed by atoms with Crippen molar-refractivity contribution in [1.29, 1.82) is 0 Å². The number of carbonyl (C=O) groups excluding carboxylic acids is 1. The maximum absolute atomic E-state index is 13.7. The lowest BCUT2D eigenvalue weighted by Crippen LogP contribution is -2.14. The maximum atomic E-state index is 13.7. The van der Waals surface area contributed by atoms with E-state index in [0.29, 0.717) is 15.9 Å². The molecule has 1 amide bonds. The second-order valence-corrected chi connectivity index (χ2v) is 5.87. The third-order valence-corrected chi connectivity index (χ3v) is 4.00. The minimum Gasteiger partial charge on any atom is -0.495 e. The smallest absolute Gasteiger partial charge is 0.258 e. The molecule has 110 valence electrons. The van der Waals surface area contributed by atoms with E-state index < -0.39 is 11.7 Å². The summed E-state index contributed by atoms with van der Waals surface area (Å²) in [5.74, 6) is -0.698. The van der Waals surface area contributed by atoms with Crippen molar-refractivity contribution in [2.45, 2.75) is 0 Å². The van der Waals surface area contributed by atoms with Crippen LogP contribution in [0.5, 0.6) is 5.75 Å². The van der Waals surface area contributed by atoms with Gasteiger partial charge in [0.1, 0.15) is 11.6 Å². The fourth-order valence-electron chi connectivity index (χ4n) is 1.69. The van der Waals surface area contributed by atoms with E-state index >= 15 is 0 Å². The van der Waals surface area contributed by atoms with Gasteiger partial charge in [-0.3, -0.25) is 4.79 Å².